The van der Waals surface area contributed by atoms with Crippen molar-refractivity contribution in [2.75, 3.05) is 44.1 Å². The summed E-state index contributed by atoms with van der Waals surface area (Å²) in [4.78, 5) is 44.9. The largest absolute Gasteiger partial charge is 0.496 e. The summed E-state index contributed by atoms with van der Waals surface area (Å²) in [5, 5.41) is 6.46. The van der Waals surface area contributed by atoms with Gasteiger partial charge in [0.2, 0.25) is 11.8 Å². The van der Waals surface area contributed by atoms with Gasteiger partial charge in [0.1, 0.15) is 17.5 Å². The number of anilines is 2. The van der Waals surface area contributed by atoms with E-state index in [1.54, 1.807) is 44.3 Å². The van der Waals surface area contributed by atoms with Crippen molar-refractivity contribution in [1.82, 2.24) is 19.8 Å². The van der Waals surface area contributed by atoms with E-state index in [1.807, 2.05) is 29.3 Å². The highest BCUT2D eigenvalue weighted by Gasteiger charge is 2.37. The normalized spacial score (nSPS) is 17.8. The van der Waals surface area contributed by atoms with Gasteiger partial charge in [0.15, 0.2) is 0 Å². The van der Waals surface area contributed by atoms with Crippen LogP contribution < -0.4 is 30.6 Å². The number of hydrogen-bond donors (Lipinski definition) is 2. The van der Waals surface area contributed by atoms with E-state index in [4.69, 9.17) is 9.47 Å². The van der Waals surface area contributed by atoms with Gasteiger partial charge >= 0.3 is 6.18 Å². The fraction of sp³-hybridized carbons (Fsp3) is 0.378. The number of nitrogens with one attached hydrogen (secondary N) is 2. The third-order valence-corrected chi connectivity index (χ3v) is 12.1. The average molecular weight is 809 g/mol. The Kier molecular flexibility index (Phi) is 11.1. The van der Waals surface area contributed by atoms with Crippen molar-refractivity contribution < 1.29 is 32.2 Å². The van der Waals surface area contributed by atoms with Crippen LogP contribution in [0.2, 0.25) is 0 Å². The molecule has 1 atom stereocenters. The predicted molar refractivity (Wildman–Crippen MR) is 220 cm³/mol. The highest BCUT2D eigenvalue weighted by atomic mass is 19.4. The number of halogens is 3. The van der Waals surface area contributed by atoms with Crippen LogP contribution in [0.3, 0.4) is 0 Å². The number of aryl methyl sites for hydroxylation is 1. The number of pyridine rings is 2. The fourth-order valence-electron chi connectivity index (χ4n) is 8.98. The predicted octanol–water partition coefficient (Wildman–Crippen LogP) is 6.87. The molecule has 5 heterocycles. The Morgan fingerprint density at radius 3 is 2.39 bits per heavy atom. The van der Waals surface area contributed by atoms with Crippen molar-refractivity contribution in [2.45, 2.75) is 63.8 Å². The van der Waals surface area contributed by atoms with Crippen LogP contribution in [0, 0.1) is 5.92 Å². The zero-order valence-electron chi connectivity index (χ0n) is 33.3. The smallest absolute Gasteiger partial charge is 0.418 e. The molecule has 0 aliphatic carbocycles. The first-order valence-corrected chi connectivity index (χ1v) is 20.0. The molecule has 2 N–H and O–H groups in total. The molecule has 3 aliphatic rings. The zero-order chi connectivity index (χ0) is 41.4. The van der Waals surface area contributed by atoms with Crippen molar-refractivity contribution in [3.8, 4) is 22.6 Å². The molecule has 3 aliphatic heterocycles. The molecule has 0 spiro atoms. The number of imide groups is 1. The molecule has 3 aromatic carbocycles. The number of aromatic nitrogens is 2. The number of rotatable bonds is 10. The lowest BCUT2D eigenvalue weighted by Crippen LogP contribution is -2.47. The molecule has 2 saturated heterocycles. The number of hydrogen-bond acceptors (Lipinski definition) is 9. The SMILES string of the molecule is COc1cc(-c2cn(C)c(=O)c3cnccc23)cc(OC)c1CN1CCc2c(CC3CCN(c4ccc(NC5CCC(=O)NC5=O)cc4C(F)(F)F)CC3)cccc2C1. The number of methoxy groups -OCH3 is 2. The Hall–Kier alpha value is -5.89. The average Bonchev–Trinajstić information content (AvgIpc) is 3.23. The van der Waals surface area contributed by atoms with Gasteiger partial charge in [0, 0.05) is 81.7 Å². The lowest BCUT2D eigenvalue weighted by molar-refractivity contribution is -0.137. The van der Waals surface area contributed by atoms with Crippen molar-refractivity contribution >= 4 is 34.0 Å². The van der Waals surface area contributed by atoms with Crippen LogP contribution in [0.25, 0.3) is 21.9 Å². The molecule has 2 amide bonds. The molecule has 8 rings (SSSR count). The van der Waals surface area contributed by atoms with Gasteiger partial charge in [-0.25, -0.2) is 0 Å². The van der Waals surface area contributed by atoms with Crippen LogP contribution in [0.15, 0.2) is 78.0 Å². The summed E-state index contributed by atoms with van der Waals surface area (Å²) in [6, 6.07) is 15.7. The molecule has 0 bridgehead atoms. The first-order valence-electron chi connectivity index (χ1n) is 20.0. The summed E-state index contributed by atoms with van der Waals surface area (Å²) in [6.45, 7) is 3.22. The van der Waals surface area contributed by atoms with Gasteiger partial charge < -0.3 is 24.3 Å². The van der Waals surface area contributed by atoms with Crippen LogP contribution >= 0.6 is 0 Å². The van der Waals surface area contributed by atoms with E-state index in [0.717, 1.165) is 66.9 Å². The molecule has 0 saturated carbocycles. The minimum Gasteiger partial charge on any atom is -0.496 e. The fourth-order valence-corrected chi connectivity index (χ4v) is 8.98. The summed E-state index contributed by atoms with van der Waals surface area (Å²) >= 11 is 0. The molecular weight excluding hydrogens is 762 g/mol. The van der Waals surface area contributed by atoms with Crippen molar-refractivity contribution in [3.63, 3.8) is 0 Å². The molecule has 59 heavy (non-hydrogen) atoms. The second-order valence-corrected chi connectivity index (χ2v) is 15.8. The zero-order valence-corrected chi connectivity index (χ0v) is 33.3. The van der Waals surface area contributed by atoms with Gasteiger partial charge in [-0.2, -0.15) is 13.2 Å². The summed E-state index contributed by atoms with van der Waals surface area (Å²) in [7, 11) is 5.04. The summed E-state index contributed by atoms with van der Waals surface area (Å²) in [6.07, 6.45) is 4.17. The van der Waals surface area contributed by atoms with E-state index in [-0.39, 0.29) is 35.7 Å². The number of benzene rings is 3. The molecule has 308 valence electrons. The number of amides is 2. The van der Waals surface area contributed by atoms with Crippen LogP contribution in [0.1, 0.15) is 53.5 Å². The molecule has 1 unspecified atom stereocenters. The number of nitrogens with zero attached hydrogens (tertiary/aromatic N) is 4. The number of ether oxygens (including phenoxy) is 2. The molecule has 2 fully saturated rings. The van der Waals surface area contributed by atoms with E-state index >= 15 is 0 Å². The number of fused-ring (bicyclic) bond motifs is 2. The number of carbonyl (C=O) groups excluding carboxylic acids is 2. The Morgan fingerprint density at radius 2 is 1.68 bits per heavy atom. The Morgan fingerprint density at radius 1 is 0.915 bits per heavy atom. The molecule has 2 aromatic heterocycles. The molecule has 5 aromatic rings. The maximum Gasteiger partial charge on any atom is 0.418 e. The number of carbonyl (C=O) groups is 2. The van der Waals surface area contributed by atoms with Crippen molar-refractivity contribution in [2.24, 2.45) is 13.0 Å². The highest BCUT2D eigenvalue weighted by Crippen LogP contribution is 2.41. The van der Waals surface area contributed by atoms with E-state index in [2.05, 4.69) is 38.7 Å². The Bertz CT molecular complexity index is 2450. The minimum atomic E-state index is -4.58. The van der Waals surface area contributed by atoms with E-state index in [0.29, 0.717) is 42.4 Å². The van der Waals surface area contributed by atoms with Crippen LogP contribution in [0.4, 0.5) is 24.5 Å². The second kappa shape index (κ2) is 16.4. The molecule has 14 heteroatoms. The van der Waals surface area contributed by atoms with Gasteiger partial charge in [0.25, 0.3) is 5.56 Å². The van der Waals surface area contributed by atoms with Gasteiger partial charge in [-0.1, -0.05) is 18.2 Å². The van der Waals surface area contributed by atoms with Crippen LogP contribution in [0.5, 0.6) is 11.5 Å². The van der Waals surface area contributed by atoms with E-state index in [9.17, 15) is 27.6 Å². The van der Waals surface area contributed by atoms with E-state index < -0.39 is 23.7 Å². The van der Waals surface area contributed by atoms with Gasteiger partial charge in [-0.05, 0) is 102 Å². The van der Waals surface area contributed by atoms with Crippen LogP contribution in [-0.2, 0) is 48.7 Å². The second-order valence-electron chi connectivity index (χ2n) is 15.8. The monoisotopic (exact) mass is 808 g/mol. The first-order chi connectivity index (χ1) is 28.4. The maximum absolute atomic E-state index is 14.4. The lowest BCUT2D eigenvalue weighted by atomic mass is 9.85. The molecular formula is C45H47F3N6O5. The quantitative estimate of drug-likeness (QED) is 0.146. The molecule has 0 radical (unpaired) electrons. The third-order valence-electron chi connectivity index (χ3n) is 12.1. The Balaban J connectivity index is 0.935. The standard InChI is InChI=1S/C45H47F3N6O5/c1-52-25-35(33-11-15-49-23-34(33)44(52)57)30-20-40(58-2)36(41(21-30)59-3)26-53-16-14-32-28(5-4-6-29(32)24-53)19-27-12-17-54(18-13-27)39-9-7-31(22-37(39)45(46,47)48)50-38-8-10-42(55)51-43(38)56/h4-7,9,11,15,20-23,25,27,38,50H,8,10,12-14,16-19,24,26H2,1-3H3,(H,51,55,56). The summed E-state index contributed by atoms with van der Waals surface area (Å²) in [5.74, 6) is 0.819. The van der Waals surface area contributed by atoms with Gasteiger partial charge in [-0.15, -0.1) is 0 Å². The van der Waals surface area contributed by atoms with Gasteiger partial charge in [-0.3, -0.25) is 29.6 Å². The number of piperidine rings is 2. The lowest BCUT2D eigenvalue weighted by Gasteiger charge is -2.36. The van der Waals surface area contributed by atoms with Crippen LogP contribution in [-0.4, -0.2) is 66.2 Å². The number of alkyl halides is 3. The summed E-state index contributed by atoms with van der Waals surface area (Å²) in [5.41, 5.74) is 6.09. The van der Waals surface area contributed by atoms with E-state index in [1.165, 1.54) is 22.8 Å². The summed E-state index contributed by atoms with van der Waals surface area (Å²) < 4.78 is 56.6. The van der Waals surface area contributed by atoms with Crippen molar-refractivity contribution in [3.05, 3.63) is 111 Å². The van der Waals surface area contributed by atoms with Gasteiger partial charge in [0.05, 0.1) is 30.7 Å². The maximum atomic E-state index is 14.4. The third kappa shape index (κ3) is 8.23. The minimum absolute atomic E-state index is 0.114. The highest BCUT2D eigenvalue weighted by molar-refractivity contribution is 6.01. The first kappa shape index (κ1) is 39.9. The van der Waals surface area contributed by atoms with Crippen molar-refractivity contribution in [1.29, 1.82) is 0 Å². The molecule has 11 nitrogen and oxygen atoms in total. The topological polar surface area (TPSA) is 118 Å². The Labute approximate surface area is 340 Å².